The number of rotatable bonds is 4. The molecule has 0 radical (unpaired) electrons. The highest BCUT2D eigenvalue weighted by Gasteiger charge is 2.10. The lowest BCUT2D eigenvalue weighted by atomic mass is 10.2. The van der Waals surface area contributed by atoms with E-state index in [1.165, 1.54) is 12.1 Å². The molecule has 1 atom stereocenters. The molecule has 0 spiro atoms. The van der Waals surface area contributed by atoms with Gasteiger partial charge in [-0.3, -0.25) is 0 Å². The van der Waals surface area contributed by atoms with Gasteiger partial charge in [0.25, 0.3) is 0 Å². The number of benzene rings is 2. The molecule has 2 aromatic carbocycles. The van der Waals surface area contributed by atoms with Crippen LogP contribution in [0, 0.1) is 6.92 Å². The molecule has 0 saturated heterocycles. The predicted molar refractivity (Wildman–Crippen MR) is 85.9 cm³/mol. The second-order valence-electron chi connectivity index (χ2n) is 4.94. The Hall–Kier alpha value is -2.89. The number of nitrogen functional groups attached to an aromatic ring is 1. The van der Waals surface area contributed by atoms with Crippen molar-refractivity contribution in [3.05, 3.63) is 48.0 Å². The van der Waals surface area contributed by atoms with Crippen LogP contribution in [0.25, 0.3) is 0 Å². The van der Waals surface area contributed by atoms with Gasteiger partial charge in [0.1, 0.15) is 11.5 Å². The lowest BCUT2D eigenvalue weighted by molar-refractivity contribution is 0.183. The third-order valence-electron chi connectivity index (χ3n) is 2.94. The fraction of sp³-hybridized carbons (Fsp3) is 0.188. The van der Waals surface area contributed by atoms with Crippen molar-refractivity contribution in [3.8, 4) is 11.5 Å². The Labute approximate surface area is 128 Å². The van der Waals surface area contributed by atoms with Crippen LogP contribution in [-0.4, -0.2) is 17.4 Å². The van der Waals surface area contributed by atoms with Crippen molar-refractivity contribution in [1.29, 1.82) is 0 Å². The number of aromatic hydroxyl groups is 1. The van der Waals surface area contributed by atoms with Crippen molar-refractivity contribution in [2.75, 3.05) is 11.1 Å². The number of carbonyl (C=O) groups is 1. The van der Waals surface area contributed by atoms with E-state index < -0.39 is 12.3 Å². The second-order valence-corrected chi connectivity index (χ2v) is 4.94. The van der Waals surface area contributed by atoms with Crippen LogP contribution in [0.5, 0.6) is 11.5 Å². The van der Waals surface area contributed by atoms with Crippen LogP contribution in [-0.2, 0) is 0 Å². The number of phenols is 1. The molecule has 1 unspecified atom stereocenters. The number of amides is 2. The average molecular weight is 301 g/mol. The lowest BCUT2D eigenvalue weighted by Gasteiger charge is -2.17. The molecule has 5 N–H and O–H groups in total. The van der Waals surface area contributed by atoms with Crippen LogP contribution in [0.15, 0.2) is 42.5 Å². The summed E-state index contributed by atoms with van der Waals surface area (Å²) in [4.78, 5) is 11.9. The molecule has 2 aromatic rings. The molecule has 6 nitrogen and oxygen atoms in total. The van der Waals surface area contributed by atoms with E-state index in [2.05, 4.69) is 10.6 Å². The molecule has 0 saturated carbocycles. The summed E-state index contributed by atoms with van der Waals surface area (Å²) in [5.41, 5.74) is 7.85. The molecule has 0 aliphatic heterocycles. The molecular formula is C16H19N3O3. The van der Waals surface area contributed by atoms with E-state index in [1.54, 1.807) is 31.2 Å². The largest absolute Gasteiger partial charge is 0.508 e. The van der Waals surface area contributed by atoms with Crippen molar-refractivity contribution >= 4 is 17.4 Å². The number of carbonyl (C=O) groups excluding carboxylic acids is 1. The molecule has 2 amide bonds. The standard InChI is InChI=1S/C16H19N3O3/c1-10-3-8-14(17)15(9-10)19-16(21)18-11(2)22-13-6-4-12(20)5-7-13/h3-9,11,20H,17H2,1-2H3,(H2,18,19,21). The van der Waals surface area contributed by atoms with E-state index in [0.29, 0.717) is 17.1 Å². The van der Waals surface area contributed by atoms with E-state index in [1.807, 2.05) is 13.0 Å². The van der Waals surface area contributed by atoms with Gasteiger partial charge < -0.3 is 26.2 Å². The molecule has 0 aliphatic carbocycles. The third-order valence-corrected chi connectivity index (χ3v) is 2.94. The maximum absolute atomic E-state index is 11.9. The van der Waals surface area contributed by atoms with Gasteiger partial charge in [-0.05, 0) is 55.8 Å². The summed E-state index contributed by atoms with van der Waals surface area (Å²) in [7, 11) is 0. The number of hydrogen-bond acceptors (Lipinski definition) is 4. The summed E-state index contributed by atoms with van der Waals surface area (Å²) in [6, 6.07) is 11.2. The van der Waals surface area contributed by atoms with E-state index in [9.17, 15) is 9.90 Å². The SMILES string of the molecule is Cc1ccc(N)c(NC(=O)NC(C)Oc2ccc(O)cc2)c1. The number of hydrogen-bond donors (Lipinski definition) is 4. The maximum Gasteiger partial charge on any atom is 0.322 e. The van der Waals surface area contributed by atoms with Crippen molar-refractivity contribution in [2.45, 2.75) is 20.1 Å². The zero-order valence-electron chi connectivity index (χ0n) is 12.5. The molecule has 0 aliphatic rings. The highest BCUT2D eigenvalue weighted by Crippen LogP contribution is 2.19. The Balaban J connectivity index is 1.91. The van der Waals surface area contributed by atoms with Crippen molar-refractivity contribution < 1.29 is 14.6 Å². The minimum atomic E-state index is -0.546. The van der Waals surface area contributed by atoms with Crippen LogP contribution in [0.4, 0.5) is 16.2 Å². The quantitative estimate of drug-likeness (QED) is 0.515. The lowest BCUT2D eigenvalue weighted by Crippen LogP contribution is -2.39. The molecule has 22 heavy (non-hydrogen) atoms. The molecule has 6 heteroatoms. The maximum atomic E-state index is 11.9. The molecule has 0 bridgehead atoms. The van der Waals surface area contributed by atoms with Crippen LogP contribution >= 0.6 is 0 Å². The van der Waals surface area contributed by atoms with Crippen molar-refractivity contribution in [2.24, 2.45) is 0 Å². The first kappa shape index (κ1) is 15.5. The summed E-state index contributed by atoms with van der Waals surface area (Å²) in [6.07, 6.45) is -0.546. The van der Waals surface area contributed by atoms with Crippen LogP contribution < -0.4 is 21.1 Å². The Morgan fingerprint density at radius 2 is 1.91 bits per heavy atom. The van der Waals surface area contributed by atoms with Gasteiger partial charge in [-0.1, -0.05) is 6.07 Å². The van der Waals surface area contributed by atoms with Gasteiger partial charge in [0.2, 0.25) is 0 Å². The first-order valence-electron chi connectivity index (χ1n) is 6.83. The molecule has 0 heterocycles. The normalized spacial score (nSPS) is 11.5. The van der Waals surface area contributed by atoms with Gasteiger partial charge in [-0.15, -0.1) is 0 Å². The van der Waals surface area contributed by atoms with Gasteiger partial charge in [0.15, 0.2) is 6.23 Å². The fourth-order valence-corrected chi connectivity index (χ4v) is 1.88. The van der Waals surface area contributed by atoms with E-state index >= 15 is 0 Å². The highest BCUT2D eigenvalue weighted by molar-refractivity contribution is 5.92. The number of urea groups is 1. The second kappa shape index (κ2) is 6.71. The Morgan fingerprint density at radius 3 is 2.59 bits per heavy atom. The highest BCUT2D eigenvalue weighted by atomic mass is 16.5. The summed E-state index contributed by atoms with van der Waals surface area (Å²) in [5.74, 6) is 0.696. The van der Waals surface area contributed by atoms with E-state index in [4.69, 9.17) is 10.5 Å². The minimum absolute atomic E-state index is 0.153. The van der Waals surface area contributed by atoms with Gasteiger partial charge in [-0.25, -0.2) is 4.79 Å². The molecule has 116 valence electrons. The molecule has 0 fully saturated rings. The topological polar surface area (TPSA) is 96.6 Å². The van der Waals surface area contributed by atoms with Crippen molar-refractivity contribution in [1.82, 2.24) is 5.32 Å². The summed E-state index contributed by atoms with van der Waals surface area (Å²) < 4.78 is 5.52. The summed E-state index contributed by atoms with van der Waals surface area (Å²) >= 11 is 0. The van der Waals surface area contributed by atoms with Gasteiger partial charge in [0.05, 0.1) is 11.4 Å². The van der Waals surface area contributed by atoms with Crippen LogP contribution in [0.2, 0.25) is 0 Å². The molecular weight excluding hydrogens is 282 g/mol. The van der Waals surface area contributed by atoms with Gasteiger partial charge >= 0.3 is 6.03 Å². The number of nitrogens with two attached hydrogens (primary N) is 1. The van der Waals surface area contributed by atoms with Crippen molar-refractivity contribution in [3.63, 3.8) is 0 Å². The number of phenolic OH excluding ortho intramolecular Hbond substituents is 1. The Morgan fingerprint density at radius 1 is 1.23 bits per heavy atom. The average Bonchev–Trinajstić information content (AvgIpc) is 2.45. The predicted octanol–water partition coefficient (Wildman–Crippen LogP) is 2.83. The Bertz CT molecular complexity index is 656. The van der Waals surface area contributed by atoms with Gasteiger partial charge in [0, 0.05) is 0 Å². The van der Waals surface area contributed by atoms with E-state index in [-0.39, 0.29) is 5.75 Å². The first-order chi connectivity index (χ1) is 10.4. The summed E-state index contributed by atoms with van der Waals surface area (Å²) in [6.45, 7) is 3.62. The third kappa shape index (κ3) is 4.31. The van der Waals surface area contributed by atoms with Crippen LogP contribution in [0.1, 0.15) is 12.5 Å². The molecule has 2 rings (SSSR count). The minimum Gasteiger partial charge on any atom is -0.508 e. The fourth-order valence-electron chi connectivity index (χ4n) is 1.88. The molecule has 0 aromatic heterocycles. The number of nitrogens with one attached hydrogen (secondary N) is 2. The summed E-state index contributed by atoms with van der Waals surface area (Å²) in [5, 5.41) is 14.5. The first-order valence-corrected chi connectivity index (χ1v) is 6.83. The number of aryl methyl sites for hydroxylation is 1. The number of ether oxygens (including phenoxy) is 1. The van der Waals surface area contributed by atoms with Gasteiger partial charge in [-0.2, -0.15) is 0 Å². The number of anilines is 2. The van der Waals surface area contributed by atoms with Crippen LogP contribution in [0.3, 0.4) is 0 Å². The zero-order valence-corrected chi connectivity index (χ0v) is 12.5. The smallest absolute Gasteiger partial charge is 0.322 e. The monoisotopic (exact) mass is 301 g/mol. The Kier molecular flexibility index (Phi) is 4.73. The van der Waals surface area contributed by atoms with E-state index in [0.717, 1.165) is 5.56 Å². The zero-order chi connectivity index (χ0) is 16.1.